The molecule has 0 aliphatic carbocycles. The van der Waals surface area contributed by atoms with E-state index in [4.69, 9.17) is 10.5 Å². The van der Waals surface area contributed by atoms with Crippen LogP contribution >= 0.6 is 0 Å². The number of ether oxygens (including phenoxy) is 1. The van der Waals surface area contributed by atoms with Crippen molar-refractivity contribution in [3.63, 3.8) is 0 Å². The average Bonchev–Trinajstić information content (AvgIpc) is 2.70. The smallest absolute Gasteiger partial charge is 0.408 e. The largest absolute Gasteiger partial charge is 0.444 e. The summed E-state index contributed by atoms with van der Waals surface area (Å²) in [6, 6.07) is 6.51. The van der Waals surface area contributed by atoms with E-state index in [2.05, 4.69) is 16.0 Å². The van der Waals surface area contributed by atoms with Crippen molar-refractivity contribution in [2.45, 2.75) is 91.5 Å². The summed E-state index contributed by atoms with van der Waals surface area (Å²) in [6.45, 7) is 12.9. The van der Waals surface area contributed by atoms with Crippen molar-refractivity contribution in [1.29, 1.82) is 0 Å². The van der Waals surface area contributed by atoms with Crippen molar-refractivity contribution in [1.82, 2.24) is 16.0 Å². The Kier molecular flexibility index (Phi) is 11.7. The Bertz CT molecular complexity index is 849. The predicted octanol–water partition coefficient (Wildman–Crippen LogP) is 2.67. The molecule has 1 aromatic rings. The number of amides is 4. The summed E-state index contributed by atoms with van der Waals surface area (Å²) in [5.41, 5.74) is 5.57. The molecule has 0 heterocycles. The lowest BCUT2D eigenvalue weighted by Gasteiger charge is -2.27. The van der Waals surface area contributed by atoms with Crippen molar-refractivity contribution < 1.29 is 23.9 Å². The van der Waals surface area contributed by atoms with Gasteiger partial charge in [-0.2, -0.15) is 0 Å². The number of carbonyl (C=O) groups excluding carboxylic acids is 4. The van der Waals surface area contributed by atoms with Gasteiger partial charge in [-0.15, -0.1) is 0 Å². The number of carbonyl (C=O) groups is 4. The van der Waals surface area contributed by atoms with Crippen LogP contribution in [0, 0.1) is 11.8 Å². The van der Waals surface area contributed by atoms with E-state index in [9.17, 15) is 19.2 Å². The number of benzene rings is 1. The van der Waals surface area contributed by atoms with Crippen LogP contribution in [-0.4, -0.2) is 47.5 Å². The molecule has 0 spiro atoms. The number of hydrogen-bond donors (Lipinski definition) is 4. The van der Waals surface area contributed by atoms with E-state index in [0.29, 0.717) is 12.8 Å². The van der Waals surface area contributed by atoms with Crippen molar-refractivity contribution in [3.8, 4) is 0 Å². The van der Waals surface area contributed by atoms with Crippen LogP contribution in [0.5, 0.6) is 0 Å². The van der Waals surface area contributed by atoms with Crippen LogP contribution in [0.15, 0.2) is 30.3 Å². The topological polar surface area (TPSA) is 140 Å². The van der Waals surface area contributed by atoms with Gasteiger partial charge in [-0.3, -0.25) is 14.4 Å². The Hall–Kier alpha value is -3.10. The van der Waals surface area contributed by atoms with E-state index >= 15 is 0 Å². The molecule has 0 fully saturated rings. The first-order chi connectivity index (χ1) is 16.2. The van der Waals surface area contributed by atoms with Gasteiger partial charge in [0.1, 0.15) is 23.7 Å². The Morgan fingerprint density at radius 3 is 1.77 bits per heavy atom. The summed E-state index contributed by atoms with van der Waals surface area (Å²) in [5, 5.41) is 8.07. The van der Waals surface area contributed by atoms with Crippen LogP contribution < -0.4 is 21.7 Å². The van der Waals surface area contributed by atoms with E-state index in [-0.39, 0.29) is 18.3 Å². The number of primary amides is 1. The Morgan fingerprint density at radius 2 is 1.29 bits per heavy atom. The number of hydrogen-bond acceptors (Lipinski definition) is 5. The van der Waals surface area contributed by atoms with Crippen LogP contribution in [-0.2, 0) is 25.5 Å². The molecule has 3 unspecified atom stereocenters. The molecule has 0 aliphatic heterocycles. The van der Waals surface area contributed by atoms with Crippen LogP contribution in [0.2, 0.25) is 0 Å². The number of nitrogens with one attached hydrogen (secondary N) is 3. The third-order valence-electron chi connectivity index (χ3n) is 5.00. The molecule has 0 radical (unpaired) electrons. The molecular formula is C26H42N4O5. The second-order valence-electron chi connectivity index (χ2n) is 10.7. The highest BCUT2D eigenvalue weighted by molar-refractivity contribution is 5.93. The highest BCUT2D eigenvalue weighted by atomic mass is 16.6. The summed E-state index contributed by atoms with van der Waals surface area (Å²) < 4.78 is 5.33. The minimum absolute atomic E-state index is 0.0783. The molecule has 0 saturated carbocycles. The molecule has 9 heteroatoms. The normalized spacial score (nSPS) is 14.1. The molecule has 4 amide bonds. The van der Waals surface area contributed by atoms with Gasteiger partial charge >= 0.3 is 6.09 Å². The Balaban J connectivity index is 3.08. The molecule has 35 heavy (non-hydrogen) atoms. The molecule has 0 bridgehead atoms. The zero-order valence-corrected chi connectivity index (χ0v) is 22.0. The maximum absolute atomic E-state index is 13.3. The van der Waals surface area contributed by atoms with Crippen molar-refractivity contribution in [3.05, 3.63) is 35.9 Å². The third kappa shape index (κ3) is 12.2. The van der Waals surface area contributed by atoms with Crippen LogP contribution in [0.4, 0.5) is 4.79 Å². The van der Waals surface area contributed by atoms with Gasteiger partial charge in [-0.25, -0.2) is 4.79 Å². The summed E-state index contributed by atoms with van der Waals surface area (Å²) in [4.78, 5) is 50.6. The summed E-state index contributed by atoms with van der Waals surface area (Å²) in [5.74, 6) is -1.43. The van der Waals surface area contributed by atoms with Crippen molar-refractivity contribution >= 4 is 23.8 Å². The van der Waals surface area contributed by atoms with Gasteiger partial charge in [-0.05, 0) is 51.0 Å². The molecule has 1 aromatic carbocycles. The molecule has 3 atom stereocenters. The highest BCUT2D eigenvalue weighted by Crippen LogP contribution is 2.11. The number of rotatable bonds is 12. The maximum atomic E-state index is 13.3. The van der Waals surface area contributed by atoms with E-state index < -0.39 is 47.5 Å². The zero-order chi connectivity index (χ0) is 26.8. The summed E-state index contributed by atoms with van der Waals surface area (Å²) >= 11 is 0. The molecular weight excluding hydrogens is 448 g/mol. The molecule has 9 nitrogen and oxygen atoms in total. The molecule has 0 aliphatic rings. The molecule has 1 rings (SSSR count). The molecule has 0 saturated heterocycles. The minimum Gasteiger partial charge on any atom is -0.444 e. The van der Waals surface area contributed by atoms with Gasteiger partial charge in [0.2, 0.25) is 17.7 Å². The molecule has 0 aromatic heterocycles. The Morgan fingerprint density at radius 1 is 0.800 bits per heavy atom. The highest BCUT2D eigenvalue weighted by Gasteiger charge is 2.31. The zero-order valence-electron chi connectivity index (χ0n) is 22.0. The van der Waals surface area contributed by atoms with E-state index in [1.54, 1.807) is 20.8 Å². The first-order valence-corrected chi connectivity index (χ1v) is 12.1. The van der Waals surface area contributed by atoms with Crippen molar-refractivity contribution in [2.24, 2.45) is 17.6 Å². The first-order valence-electron chi connectivity index (χ1n) is 12.1. The lowest BCUT2D eigenvalue weighted by atomic mass is 9.99. The SMILES string of the molecule is CC(C)CC(NC(=O)C(CC(C)C)NC(=O)C(Cc1ccccc1)NC(=O)OC(C)(C)C)C(N)=O. The fraction of sp³-hybridized carbons (Fsp3) is 0.615. The monoisotopic (exact) mass is 490 g/mol. The second kappa shape index (κ2) is 13.7. The fourth-order valence-corrected chi connectivity index (χ4v) is 3.47. The lowest BCUT2D eigenvalue weighted by molar-refractivity contribution is -0.132. The first kappa shape index (κ1) is 29.9. The Labute approximate surface area is 208 Å². The van der Waals surface area contributed by atoms with Crippen LogP contribution in [0.3, 0.4) is 0 Å². The van der Waals surface area contributed by atoms with E-state index in [1.807, 2.05) is 58.0 Å². The van der Waals surface area contributed by atoms with E-state index in [0.717, 1.165) is 5.56 Å². The summed E-state index contributed by atoms with van der Waals surface area (Å²) in [6.07, 6.45) is 0.207. The maximum Gasteiger partial charge on any atom is 0.408 e. The molecule has 5 N–H and O–H groups in total. The van der Waals surface area contributed by atoms with Gasteiger partial charge in [0.25, 0.3) is 0 Å². The van der Waals surface area contributed by atoms with Crippen LogP contribution in [0.25, 0.3) is 0 Å². The van der Waals surface area contributed by atoms with E-state index in [1.165, 1.54) is 0 Å². The quantitative estimate of drug-likeness (QED) is 0.357. The van der Waals surface area contributed by atoms with Gasteiger partial charge in [0, 0.05) is 6.42 Å². The van der Waals surface area contributed by atoms with Gasteiger partial charge < -0.3 is 26.4 Å². The summed E-state index contributed by atoms with van der Waals surface area (Å²) in [7, 11) is 0. The van der Waals surface area contributed by atoms with Gasteiger partial charge in [-0.1, -0.05) is 58.0 Å². The fourth-order valence-electron chi connectivity index (χ4n) is 3.47. The number of alkyl carbamates (subject to hydrolysis) is 1. The number of nitrogens with two attached hydrogens (primary N) is 1. The third-order valence-corrected chi connectivity index (χ3v) is 5.00. The standard InChI is InChI=1S/C26H42N4O5/c1-16(2)13-19(22(27)31)28-23(32)20(14-17(3)4)29-24(33)21(15-18-11-9-8-10-12-18)30-25(34)35-26(5,6)7/h8-12,16-17,19-21H,13-15H2,1-7H3,(H2,27,31)(H,28,32)(H,29,33)(H,30,34). The minimum atomic E-state index is -0.975. The van der Waals surface area contributed by atoms with Gasteiger partial charge in [0.15, 0.2) is 0 Å². The van der Waals surface area contributed by atoms with Crippen molar-refractivity contribution in [2.75, 3.05) is 0 Å². The lowest BCUT2D eigenvalue weighted by Crippen LogP contribution is -2.57. The van der Waals surface area contributed by atoms with Gasteiger partial charge in [0.05, 0.1) is 0 Å². The second-order valence-corrected chi connectivity index (χ2v) is 10.7. The average molecular weight is 491 g/mol. The predicted molar refractivity (Wildman–Crippen MR) is 135 cm³/mol. The van der Waals surface area contributed by atoms with Crippen LogP contribution in [0.1, 0.15) is 66.9 Å². The molecule has 196 valence electrons.